The zero-order valence-electron chi connectivity index (χ0n) is 12.2. The van der Waals surface area contributed by atoms with Crippen LogP contribution in [0.3, 0.4) is 0 Å². The molecule has 1 amide bonds. The zero-order valence-corrected chi connectivity index (χ0v) is 13.0. The van der Waals surface area contributed by atoms with Gasteiger partial charge in [-0.1, -0.05) is 11.8 Å². The highest BCUT2D eigenvalue weighted by molar-refractivity contribution is 7.12. The minimum absolute atomic E-state index is 0.0290. The summed E-state index contributed by atoms with van der Waals surface area (Å²) in [5.41, 5.74) is 0.319. The Hall–Kier alpha value is -1.35. The van der Waals surface area contributed by atoms with E-state index in [1.54, 1.807) is 0 Å². The Morgan fingerprint density at radius 1 is 1.55 bits per heavy atom. The van der Waals surface area contributed by atoms with Crippen LogP contribution >= 0.6 is 11.3 Å². The Labute approximate surface area is 124 Å². The number of carbonyl (C=O) groups excluding carboxylic acids is 1. The smallest absolute Gasteiger partial charge is 0.262 e. The van der Waals surface area contributed by atoms with Crippen molar-refractivity contribution in [1.82, 2.24) is 5.32 Å². The minimum atomic E-state index is -0.385. The molecule has 5 heteroatoms. The van der Waals surface area contributed by atoms with Gasteiger partial charge in [0, 0.05) is 25.1 Å². The molecule has 0 bridgehead atoms. The van der Waals surface area contributed by atoms with Crippen molar-refractivity contribution < 1.29 is 14.6 Å². The molecule has 1 heterocycles. The summed E-state index contributed by atoms with van der Waals surface area (Å²) < 4.78 is 5.54. The molecule has 0 spiro atoms. The van der Waals surface area contributed by atoms with Crippen LogP contribution in [0.2, 0.25) is 0 Å². The molecule has 1 rings (SSSR count). The standard InChI is InChI=1S/C15H21NO3S/c1-4-19-15(2,3)11-16-14(18)13-12(8-10-20-13)7-5-6-9-17/h8,10,17H,4,6,9,11H2,1-3H3,(H,16,18). The molecule has 0 aliphatic carbocycles. The van der Waals surface area contributed by atoms with E-state index in [0.29, 0.717) is 30.0 Å². The molecule has 2 N–H and O–H groups in total. The number of hydrogen-bond donors (Lipinski definition) is 2. The number of nitrogens with one attached hydrogen (secondary N) is 1. The van der Waals surface area contributed by atoms with Crippen molar-refractivity contribution >= 4 is 17.2 Å². The van der Waals surface area contributed by atoms with Crippen molar-refractivity contribution in [2.45, 2.75) is 32.8 Å². The van der Waals surface area contributed by atoms with Gasteiger partial charge in [0.25, 0.3) is 5.91 Å². The molecular weight excluding hydrogens is 274 g/mol. The van der Waals surface area contributed by atoms with E-state index in [0.717, 1.165) is 0 Å². The molecule has 0 aliphatic heterocycles. The fraction of sp³-hybridized carbons (Fsp3) is 0.533. The van der Waals surface area contributed by atoms with Crippen LogP contribution in [-0.4, -0.2) is 36.4 Å². The molecule has 1 aromatic rings. The maximum absolute atomic E-state index is 12.1. The maximum atomic E-state index is 12.1. The summed E-state index contributed by atoms with van der Waals surface area (Å²) >= 11 is 1.36. The summed E-state index contributed by atoms with van der Waals surface area (Å²) in [6.07, 6.45) is 0.411. The average molecular weight is 295 g/mol. The van der Waals surface area contributed by atoms with E-state index in [4.69, 9.17) is 9.84 Å². The number of hydrogen-bond acceptors (Lipinski definition) is 4. The number of carbonyl (C=O) groups is 1. The average Bonchev–Trinajstić information content (AvgIpc) is 2.85. The van der Waals surface area contributed by atoms with Crippen LogP contribution in [0.1, 0.15) is 42.4 Å². The number of aliphatic hydroxyl groups is 1. The Morgan fingerprint density at radius 3 is 2.95 bits per heavy atom. The lowest BCUT2D eigenvalue weighted by Crippen LogP contribution is -2.40. The van der Waals surface area contributed by atoms with E-state index < -0.39 is 0 Å². The number of ether oxygens (including phenoxy) is 1. The number of amides is 1. The first-order valence-corrected chi connectivity index (χ1v) is 7.47. The predicted octanol–water partition coefficient (Wildman–Crippen LogP) is 2.03. The third-order valence-electron chi connectivity index (χ3n) is 2.54. The molecule has 0 radical (unpaired) electrons. The lowest BCUT2D eigenvalue weighted by atomic mass is 10.1. The molecule has 20 heavy (non-hydrogen) atoms. The molecule has 0 unspecified atom stereocenters. The second-order valence-corrected chi connectivity index (χ2v) is 5.73. The summed E-state index contributed by atoms with van der Waals surface area (Å²) in [5, 5.41) is 13.4. The minimum Gasteiger partial charge on any atom is -0.395 e. The lowest BCUT2D eigenvalue weighted by Gasteiger charge is -2.24. The molecule has 110 valence electrons. The van der Waals surface area contributed by atoms with Gasteiger partial charge in [0.15, 0.2) is 0 Å². The second-order valence-electron chi connectivity index (χ2n) is 4.81. The molecule has 0 aliphatic rings. The normalized spacial score (nSPS) is 10.8. The number of rotatable bonds is 6. The quantitative estimate of drug-likeness (QED) is 0.790. The highest BCUT2D eigenvalue weighted by atomic mass is 32.1. The van der Waals surface area contributed by atoms with Gasteiger partial charge in [0.2, 0.25) is 0 Å². The van der Waals surface area contributed by atoms with E-state index in [1.807, 2.05) is 32.2 Å². The maximum Gasteiger partial charge on any atom is 0.262 e. The van der Waals surface area contributed by atoms with Crippen molar-refractivity contribution in [2.75, 3.05) is 19.8 Å². The number of thiophene rings is 1. The molecule has 4 nitrogen and oxygen atoms in total. The van der Waals surface area contributed by atoms with Gasteiger partial charge in [-0.3, -0.25) is 4.79 Å². The van der Waals surface area contributed by atoms with Crippen LogP contribution in [0.25, 0.3) is 0 Å². The van der Waals surface area contributed by atoms with Crippen molar-refractivity contribution in [3.63, 3.8) is 0 Å². The fourth-order valence-corrected chi connectivity index (χ4v) is 2.38. The van der Waals surface area contributed by atoms with Crippen molar-refractivity contribution in [1.29, 1.82) is 0 Å². The monoisotopic (exact) mass is 295 g/mol. The fourth-order valence-electron chi connectivity index (χ4n) is 1.61. The molecule has 0 atom stereocenters. The first kappa shape index (κ1) is 16.7. The summed E-state index contributed by atoms with van der Waals surface area (Å²) in [6, 6.07) is 1.82. The lowest BCUT2D eigenvalue weighted by molar-refractivity contribution is -0.00813. The number of aliphatic hydroxyl groups excluding tert-OH is 1. The summed E-state index contributed by atoms with van der Waals surface area (Å²) in [6.45, 7) is 6.89. The van der Waals surface area contributed by atoms with Gasteiger partial charge in [0.1, 0.15) is 4.88 Å². The van der Waals surface area contributed by atoms with E-state index in [1.165, 1.54) is 11.3 Å². The highest BCUT2D eigenvalue weighted by Gasteiger charge is 2.20. The van der Waals surface area contributed by atoms with Crippen LogP contribution in [0.15, 0.2) is 11.4 Å². The van der Waals surface area contributed by atoms with Gasteiger partial charge in [-0.15, -0.1) is 11.3 Å². The molecule has 0 saturated carbocycles. The second kappa shape index (κ2) is 8.05. The molecule has 0 fully saturated rings. The van der Waals surface area contributed by atoms with Crippen LogP contribution in [0.4, 0.5) is 0 Å². The van der Waals surface area contributed by atoms with Gasteiger partial charge >= 0.3 is 0 Å². The van der Waals surface area contributed by atoms with E-state index in [9.17, 15) is 4.79 Å². The largest absolute Gasteiger partial charge is 0.395 e. The first-order valence-electron chi connectivity index (χ1n) is 6.59. The Bertz CT molecular complexity index is 497. The van der Waals surface area contributed by atoms with Crippen molar-refractivity contribution in [3.05, 3.63) is 21.9 Å². The Balaban J connectivity index is 2.65. The van der Waals surface area contributed by atoms with Gasteiger partial charge in [-0.2, -0.15) is 0 Å². The topological polar surface area (TPSA) is 58.6 Å². The van der Waals surface area contributed by atoms with Crippen LogP contribution in [0, 0.1) is 11.8 Å². The Morgan fingerprint density at radius 2 is 2.30 bits per heavy atom. The third-order valence-corrected chi connectivity index (χ3v) is 3.45. The third kappa shape index (κ3) is 5.33. The van der Waals surface area contributed by atoms with Crippen molar-refractivity contribution in [2.24, 2.45) is 0 Å². The molecular formula is C15H21NO3S. The van der Waals surface area contributed by atoms with E-state index in [-0.39, 0.29) is 18.1 Å². The first-order chi connectivity index (χ1) is 9.50. The molecule has 0 aromatic carbocycles. The van der Waals surface area contributed by atoms with Gasteiger partial charge in [-0.25, -0.2) is 0 Å². The van der Waals surface area contributed by atoms with Gasteiger partial charge in [0.05, 0.1) is 12.2 Å². The van der Waals surface area contributed by atoms with E-state index in [2.05, 4.69) is 17.2 Å². The van der Waals surface area contributed by atoms with Crippen LogP contribution in [0.5, 0.6) is 0 Å². The predicted molar refractivity (Wildman–Crippen MR) is 80.9 cm³/mol. The summed E-state index contributed by atoms with van der Waals surface area (Å²) in [7, 11) is 0. The summed E-state index contributed by atoms with van der Waals surface area (Å²) in [5.74, 6) is 5.60. The Kier molecular flexibility index (Phi) is 6.73. The molecule has 1 aromatic heterocycles. The van der Waals surface area contributed by atoms with Crippen LogP contribution in [-0.2, 0) is 4.74 Å². The van der Waals surface area contributed by atoms with Crippen LogP contribution < -0.4 is 5.32 Å². The summed E-state index contributed by atoms with van der Waals surface area (Å²) in [4.78, 5) is 12.7. The highest BCUT2D eigenvalue weighted by Crippen LogP contribution is 2.16. The van der Waals surface area contributed by atoms with Gasteiger partial charge in [-0.05, 0) is 32.2 Å². The van der Waals surface area contributed by atoms with E-state index >= 15 is 0 Å². The van der Waals surface area contributed by atoms with Gasteiger partial charge < -0.3 is 15.2 Å². The molecule has 0 saturated heterocycles. The zero-order chi connectivity index (χ0) is 15.0. The van der Waals surface area contributed by atoms with Crippen molar-refractivity contribution in [3.8, 4) is 11.8 Å². The SMILES string of the molecule is CCOC(C)(C)CNC(=O)c1sccc1C#CCCO.